The van der Waals surface area contributed by atoms with Gasteiger partial charge < -0.3 is 0 Å². The maximum absolute atomic E-state index is 11.9. The van der Waals surface area contributed by atoms with Crippen molar-refractivity contribution in [3.63, 3.8) is 0 Å². The lowest BCUT2D eigenvalue weighted by Gasteiger charge is -2.18. The van der Waals surface area contributed by atoms with Gasteiger partial charge in [-0.15, -0.1) is 0 Å². The van der Waals surface area contributed by atoms with E-state index in [1.54, 1.807) is 25.1 Å². The van der Waals surface area contributed by atoms with Gasteiger partial charge in [0.25, 0.3) is 5.69 Å². The number of hydrogen-bond acceptors (Lipinski definition) is 4. The van der Waals surface area contributed by atoms with Gasteiger partial charge in [0.05, 0.1) is 28.2 Å². The third-order valence-corrected chi connectivity index (χ3v) is 9.25. The third kappa shape index (κ3) is 27.8. The maximum atomic E-state index is 11.9. The Morgan fingerprint density at radius 1 is 0.471 bits per heavy atom. The molecule has 0 bridgehead atoms. The third-order valence-electron chi connectivity index (χ3n) is 9.25. The standard InChI is InChI=1S/C13H12.C11H16.C9H12.C8H7F3.C8H7N.C7H7NO2.C2H3N.CH3I/c1-11-7-9-13(10-8-11)12-5-3-2-4-6-12;1-9-5-7-10(8-6-9)11(2,3)4;1-7-4-8(2)6-9(3)5-7;1-6-2-4-7(5-3-6)8(9,10)11;1-7-2-4-8(6-9)5-3-7;1-6-2-4-7(5-3-6)8(9)10;1-2-3;1-2/h2-10H,1H3;5-8H,1-4H3;4-6H,1-3H3;2-5H,1H3;2-5H,1H3;2-5H,1H3;1H3;1H3. The summed E-state index contributed by atoms with van der Waals surface area (Å²) in [6.07, 6.45) is -4.21. The minimum Gasteiger partial charge on any atom is -0.258 e. The van der Waals surface area contributed by atoms with E-state index < -0.39 is 16.7 Å². The SMILES string of the molecule is CC#N.CI.Cc1cc(C)cc(C)c1.Cc1ccc(-c2ccccc2)cc1.Cc1ccc(C#N)cc1.Cc1ccc(C(C)(C)C)cc1.Cc1ccc(C(F)(F)F)cc1.Cc1ccc([N+](=O)[O-])cc1. The van der Waals surface area contributed by atoms with Crippen molar-refractivity contribution in [2.75, 3.05) is 4.93 Å². The Labute approximate surface area is 418 Å². The number of rotatable bonds is 2. The average molecular weight is 1030 g/mol. The number of nitro groups is 1. The fourth-order valence-electron chi connectivity index (χ4n) is 5.67. The summed E-state index contributed by atoms with van der Waals surface area (Å²) < 4.78 is 35.8. The molecular weight excluding hydrogens is 967 g/mol. The topological polar surface area (TPSA) is 90.7 Å². The Kier molecular flexibility index (Phi) is 29.8. The average Bonchev–Trinajstić information content (AvgIpc) is 3.29. The lowest BCUT2D eigenvalue weighted by Crippen LogP contribution is -2.10. The van der Waals surface area contributed by atoms with Crippen LogP contribution in [0.25, 0.3) is 11.1 Å². The lowest BCUT2D eigenvalue weighted by atomic mass is 9.87. The van der Waals surface area contributed by atoms with E-state index in [1.807, 2.05) is 49.1 Å². The van der Waals surface area contributed by atoms with Crippen LogP contribution in [0.5, 0.6) is 0 Å². The molecule has 7 rings (SSSR count). The first-order chi connectivity index (χ1) is 32.0. The molecule has 0 saturated carbocycles. The van der Waals surface area contributed by atoms with Gasteiger partial charge in [-0.25, -0.2) is 0 Å². The van der Waals surface area contributed by atoms with Crippen LogP contribution in [0, 0.1) is 88.2 Å². The number of non-ortho nitro benzene ring substituents is 1. The largest absolute Gasteiger partial charge is 0.416 e. The van der Waals surface area contributed by atoms with Crippen LogP contribution in [0.4, 0.5) is 18.9 Å². The van der Waals surface area contributed by atoms with Crippen molar-refractivity contribution in [1.82, 2.24) is 0 Å². The normalized spacial score (nSPS) is 9.63. The molecule has 5 nitrogen and oxygen atoms in total. The molecule has 358 valence electrons. The molecule has 0 aliphatic heterocycles. The summed E-state index contributed by atoms with van der Waals surface area (Å²) >= 11 is 2.15. The number of benzene rings is 7. The smallest absolute Gasteiger partial charge is 0.258 e. The van der Waals surface area contributed by atoms with E-state index in [0.29, 0.717) is 0 Å². The van der Waals surface area contributed by atoms with Gasteiger partial charge in [-0.3, -0.25) is 10.1 Å². The van der Waals surface area contributed by atoms with E-state index in [0.717, 1.165) is 28.8 Å². The van der Waals surface area contributed by atoms with E-state index in [9.17, 15) is 23.3 Å². The zero-order chi connectivity index (χ0) is 51.9. The number of hydrogen-bond donors (Lipinski definition) is 0. The van der Waals surface area contributed by atoms with E-state index in [4.69, 9.17) is 10.5 Å². The van der Waals surface area contributed by atoms with Gasteiger partial charge >= 0.3 is 6.18 Å². The minimum atomic E-state index is -4.21. The van der Waals surface area contributed by atoms with Crippen molar-refractivity contribution < 1.29 is 18.1 Å². The van der Waals surface area contributed by atoms with Crippen molar-refractivity contribution >= 4 is 28.3 Å². The number of halogens is 4. The summed E-state index contributed by atoms with van der Waals surface area (Å²) in [4.78, 5) is 11.7. The van der Waals surface area contributed by atoms with Gasteiger partial charge in [0.15, 0.2) is 0 Å². The molecule has 0 spiro atoms. The number of nitrogens with zero attached hydrogens (tertiary/aromatic N) is 3. The second kappa shape index (κ2) is 33.0. The van der Waals surface area contributed by atoms with Crippen molar-refractivity contribution in [1.29, 1.82) is 10.5 Å². The maximum Gasteiger partial charge on any atom is 0.416 e. The Bertz CT molecular complexity index is 2430. The van der Waals surface area contributed by atoms with Gasteiger partial charge in [-0.05, 0) is 107 Å². The van der Waals surface area contributed by atoms with Crippen LogP contribution in [0.1, 0.15) is 88.9 Å². The second-order valence-corrected chi connectivity index (χ2v) is 16.7. The first-order valence-electron chi connectivity index (χ1n) is 21.7. The van der Waals surface area contributed by atoms with E-state index >= 15 is 0 Å². The summed E-state index contributed by atoms with van der Waals surface area (Å²) in [6.45, 7) is 24.4. The lowest BCUT2D eigenvalue weighted by molar-refractivity contribution is -0.384. The molecule has 7 aromatic rings. The molecule has 0 saturated heterocycles. The Morgan fingerprint density at radius 2 is 0.765 bits per heavy atom. The highest BCUT2D eigenvalue weighted by atomic mass is 127. The van der Waals surface area contributed by atoms with Crippen LogP contribution >= 0.6 is 22.6 Å². The number of nitro benzene ring substituents is 1. The summed E-state index contributed by atoms with van der Waals surface area (Å²) in [5, 5.41) is 25.8. The molecular formula is C59H67F3IN3O2. The Morgan fingerprint density at radius 3 is 1.07 bits per heavy atom. The minimum absolute atomic E-state index is 0.144. The summed E-state index contributed by atoms with van der Waals surface area (Å²) in [7, 11) is 0. The zero-order valence-electron chi connectivity index (χ0n) is 41.8. The highest BCUT2D eigenvalue weighted by Crippen LogP contribution is 2.29. The van der Waals surface area contributed by atoms with Crippen LogP contribution in [0.15, 0.2) is 170 Å². The Balaban J connectivity index is 0.000000780. The zero-order valence-corrected chi connectivity index (χ0v) is 44.0. The van der Waals surface area contributed by atoms with Crippen molar-refractivity contribution in [3.05, 3.63) is 241 Å². The van der Waals surface area contributed by atoms with Crippen LogP contribution in [-0.2, 0) is 11.6 Å². The van der Waals surface area contributed by atoms with Crippen LogP contribution < -0.4 is 0 Å². The van der Waals surface area contributed by atoms with E-state index in [2.05, 4.69) is 175 Å². The van der Waals surface area contributed by atoms with Crippen LogP contribution in [0.3, 0.4) is 0 Å². The molecule has 0 aliphatic rings. The predicted molar refractivity (Wildman–Crippen MR) is 288 cm³/mol. The summed E-state index contributed by atoms with van der Waals surface area (Å²) in [5.74, 6) is 0. The molecule has 68 heavy (non-hydrogen) atoms. The first kappa shape index (κ1) is 61.4. The summed E-state index contributed by atoms with van der Waals surface area (Å²) in [5.41, 5.74) is 14.3. The van der Waals surface area contributed by atoms with Gasteiger partial charge in [0.2, 0.25) is 0 Å². The molecule has 0 heterocycles. The number of alkyl halides is 4. The monoisotopic (exact) mass is 1030 g/mol. The van der Waals surface area contributed by atoms with Crippen molar-refractivity contribution in [2.24, 2.45) is 0 Å². The quantitative estimate of drug-likeness (QED) is 0.0746. The van der Waals surface area contributed by atoms with E-state index in [-0.39, 0.29) is 11.1 Å². The van der Waals surface area contributed by atoms with E-state index in [1.165, 1.54) is 81.3 Å². The van der Waals surface area contributed by atoms with Crippen molar-refractivity contribution in [2.45, 2.75) is 94.7 Å². The molecule has 0 atom stereocenters. The molecule has 7 aromatic carbocycles. The van der Waals surface area contributed by atoms with Gasteiger partial charge in [0, 0.05) is 19.1 Å². The fourth-order valence-corrected chi connectivity index (χ4v) is 5.67. The highest BCUT2D eigenvalue weighted by Gasteiger charge is 2.29. The molecule has 0 N–H and O–H groups in total. The summed E-state index contributed by atoms with van der Waals surface area (Å²) in [6, 6.07) is 57.1. The van der Waals surface area contributed by atoms with Gasteiger partial charge in [-0.1, -0.05) is 221 Å². The van der Waals surface area contributed by atoms with Crippen LogP contribution in [0.2, 0.25) is 0 Å². The molecule has 0 radical (unpaired) electrons. The Hall–Kier alpha value is -6.56. The second-order valence-electron chi connectivity index (χ2n) is 16.7. The molecule has 0 amide bonds. The predicted octanol–water partition coefficient (Wildman–Crippen LogP) is 17.9. The van der Waals surface area contributed by atoms with Crippen LogP contribution in [-0.4, -0.2) is 9.85 Å². The number of aryl methyl sites for hydroxylation is 8. The first-order valence-corrected chi connectivity index (χ1v) is 23.9. The van der Waals surface area contributed by atoms with Gasteiger partial charge in [0.1, 0.15) is 0 Å². The van der Waals surface area contributed by atoms with Crippen molar-refractivity contribution in [3.8, 4) is 23.3 Å². The molecule has 0 unspecified atom stereocenters. The van der Waals surface area contributed by atoms with Gasteiger partial charge in [-0.2, -0.15) is 23.7 Å². The molecule has 9 heteroatoms. The molecule has 0 aliphatic carbocycles. The molecule has 0 fully saturated rings. The molecule has 0 aromatic heterocycles. The fraction of sp³-hybridized carbons (Fsp3) is 0.254. The number of nitriles is 2. The highest BCUT2D eigenvalue weighted by molar-refractivity contribution is 14.1.